The monoisotopic (exact) mass is 441 g/mol. The second-order valence-corrected chi connectivity index (χ2v) is 7.08. The van der Waals surface area contributed by atoms with E-state index in [0.717, 1.165) is 11.1 Å². The normalized spacial score (nSPS) is 10.8. The zero-order valence-electron chi connectivity index (χ0n) is 15.2. The maximum atomic E-state index is 6.46. The molecule has 0 bridgehead atoms. The molecule has 3 aromatic rings. The third kappa shape index (κ3) is 4.98. The van der Waals surface area contributed by atoms with Crippen LogP contribution in [-0.2, 0) is 20.2 Å². The minimum atomic E-state index is 0.277. The van der Waals surface area contributed by atoms with Gasteiger partial charge in [-0.1, -0.05) is 46.0 Å². The van der Waals surface area contributed by atoms with Crippen molar-refractivity contribution in [1.29, 1.82) is 0 Å². The molecule has 0 saturated carbocycles. The first kappa shape index (κ1) is 20.5. The second-order valence-electron chi connectivity index (χ2n) is 5.85. The Hall–Kier alpha value is -2.22. The van der Waals surface area contributed by atoms with Crippen LogP contribution in [0, 0.1) is 0 Å². The van der Waals surface area contributed by atoms with E-state index in [1.807, 2.05) is 25.1 Å². The number of benzene rings is 2. The lowest BCUT2D eigenvalue weighted by atomic mass is 10.2. The van der Waals surface area contributed by atoms with Gasteiger partial charge >= 0.3 is 0 Å². The van der Waals surface area contributed by atoms with Crippen LogP contribution in [0.15, 0.2) is 30.3 Å². The molecule has 10 heteroatoms. The molecule has 0 aliphatic heterocycles. The third-order valence-electron chi connectivity index (χ3n) is 3.81. The van der Waals surface area contributed by atoms with E-state index in [9.17, 15) is 0 Å². The molecule has 2 aromatic carbocycles. The predicted octanol–water partition coefficient (Wildman–Crippen LogP) is 4.76. The van der Waals surface area contributed by atoms with Gasteiger partial charge < -0.3 is 14.8 Å². The fourth-order valence-electron chi connectivity index (χ4n) is 2.47. The smallest absolute Gasteiger partial charge is 0.242 e. The van der Waals surface area contributed by atoms with Gasteiger partial charge in [-0.05, 0) is 52.7 Å². The van der Waals surface area contributed by atoms with E-state index in [4.69, 9.17) is 44.3 Å². The van der Waals surface area contributed by atoms with Gasteiger partial charge in [0.2, 0.25) is 5.95 Å². The van der Waals surface area contributed by atoms with Gasteiger partial charge in [-0.15, -0.1) is 0 Å². The molecule has 7 nitrogen and oxygen atoms in total. The van der Waals surface area contributed by atoms with Crippen LogP contribution < -0.4 is 14.8 Å². The van der Waals surface area contributed by atoms with E-state index in [1.54, 1.807) is 23.9 Å². The summed E-state index contributed by atoms with van der Waals surface area (Å²) in [5.41, 5.74) is 1.77. The lowest BCUT2D eigenvalue weighted by Gasteiger charge is -2.16. The zero-order chi connectivity index (χ0) is 20.1. The number of nitrogens with one attached hydrogen (secondary N) is 1. The van der Waals surface area contributed by atoms with Crippen molar-refractivity contribution in [3.05, 3.63) is 56.5 Å². The average Bonchev–Trinajstić information content (AvgIpc) is 3.07. The molecule has 1 N–H and O–H groups in total. The highest BCUT2D eigenvalue weighted by Crippen LogP contribution is 2.37. The van der Waals surface area contributed by atoms with Crippen molar-refractivity contribution in [2.45, 2.75) is 20.1 Å². The highest BCUT2D eigenvalue weighted by molar-refractivity contribution is 6.42. The van der Waals surface area contributed by atoms with Gasteiger partial charge in [0.05, 0.1) is 21.7 Å². The first-order chi connectivity index (χ1) is 13.5. The Balaban J connectivity index is 1.76. The van der Waals surface area contributed by atoms with E-state index in [0.29, 0.717) is 45.7 Å². The Bertz CT molecular complexity index is 964. The number of anilines is 1. The third-order valence-corrected chi connectivity index (χ3v) is 4.83. The summed E-state index contributed by atoms with van der Waals surface area (Å²) in [6.07, 6.45) is 0. The maximum Gasteiger partial charge on any atom is 0.242 e. The second kappa shape index (κ2) is 9.32. The number of rotatable bonds is 8. The van der Waals surface area contributed by atoms with Crippen LogP contribution in [-0.4, -0.2) is 26.8 Å². The molecule has 0 amide bonds. The van der Waals surface area contributed by atoms with E-state index in [1.165, 1.54) is 0 Å². The topological polar surface area (TPSA) is 74.1 Å². The van der Waals surface area contributed by atoms with Gasteiger partial charge in [-0.3, -0.25) is 0 Å². The van der Waals surface area contributed by atoms with Crippen molar-refractivity contribution >= 4 is 40.8 Å². The Morgan fingerprint density at radius 3 is 2.46 bits per heavy atom. The van der Waals surface area contributed by atoms with Crippen molar-refractivity contribution in [3.8, 4) is 11.5 Å². The fraction of sp³-hybridized carbons (Fsp3) is 0.278. The minimum Gasteiger partial charge on any atom is -0.490 e. The Morgan fingerprint density at radius 2 is 1.79 bits per heavy atom. The Morgan fingerprint density at radius 1 is 1.00 bits per heavy atom. The summed E-state index contributed by atoms with van der Waals surface area (Å²) in [7, 11) is 1.75. The molecule has 1 heterocycles. The van der Waals surface area contributed by atoms with Crippen LogP contribution >= 0.6 is 34.8 Å². The Kier molecular flexibility index (Phi) is 6.83. The molecule has 1 aromatic heterocycles. The summed E-state index contributed by atoms with van der Waals surface area (Å²) < 4.78 is 13.2. The van der Waals surface area contributed by atoms with Gasteiger partial charge in [0.15, 0.2) is 11.5 Å². The number of tetrazole rings is 1. The summed E-state index contributed by atoms with van der Waals surface area (Å²) in [4.78, 5) is 0. The molecule has 0 aliphatic carbocycles. The predicted molar refractivity (Wildman–Crippen MR) is 110 cm³/mol. The van der Waals surface area contributed by atoms with Crippen LogP contribution in [0.3, 0.4) is 0 Å². The number of aromatic nitrogens is 4. The molecule has 0 unspecified atom stereocenters. The number of hydrogen-bond donors (Lipinski definition) is 1. The van der Waals surface area contributed by atoms with Crippen LogP contribution in [0.2, 0.25) is 15.1 Å². The molecule has 0 radical (unpaired) electrons. The summed E-state index contributed by atoms with van der Waals surface area (Å²) >= 11 is 18.5. The number of hydrogen-bond acceptors (Lipinski definition) is 6. The maximum absolute atomic E-state index is 6.46. The molecular weight excluding hydrogens is 425 g/mol. The van der Waals surface area contributed by atoms with E-state index in [-0.39, 0.29) is 6.61 Å². The largest absolute Gasteiger partial charge is 0.490 e. The number of halogens is 3. The van der Waals surface area contributed by atoms with Gasteiger partial charge in [-0.25, -0.2) is 4.68 Å². The fourth-order valence-corrected chi connectivity index (χ4v) is 3.08. The van der Waals surface area contributed by atoms with Crippen molar-refractivity contribution in [1.82, 2.24) is 20.2 Å². The molecule has 0 aliphatic rings. The average molecular weight is 443 g/mol. The first-order valence-electron chi connectivity index (χ1n) is 8.46. The van der Waals surface area contributed by atoms with Crippen molar-refractivity contribution in [3.63, 3.8) is 0 Å². The summed E-state index contributed by atoms with van der Waals surface area (Å²) in [6, 6.07) is 9.01. The SMILES string of the molecule is CCOc1cc(CNc2nnnn2C)cc(Cl)c1OCc1ccc(Cl)c(Cl)c1. The number of nitrogens with zero attached hydrogens (tertiary/aromatic N) is 4. The van der Waals surface area contributed by atoms with E-state index >= 15 is 0 Å². The summed E-state index contributed by atoms with van der Waals surface area (Å²) in [6.45, 7) is 3.12. The first-order valence-corrected chi connectivity index (χ1v) is 9.59. The van der Waals surface area contributed by atoms with Crippen LogP contribution in [0.4, 0.5) is 5.95 Å². The quantitative estimate of drug-likeness (QED) is 0.542. The van der Waals surface area contributed by atoms with Crippen LogP contribution in [0.5, 0.6) is 11.5 Å². The molecule has 3 rings (SSSR count). The minimum absolute atomic E-state index is 0.277. The van der Waals surface area contributed by atoms with Gasteiger partial charge in [0, 0.05) is 13.6 Å². The molecule has 0 fully saturated rings. The van der Waals surface area contributed by atoms with Crippen LogP contribution in [0.25, 0.3) is 0 Å². The van der Waals surface area contributed by atoms with E-state index in [2.05, 4.69) is 20.8 Å². The highest BCUT2D eigenvalue weighted by Gasteiger charge is 2.14. The summed E-state index contributed by atoms with van der Waals surface area (Å²) in [5, 5.41) is 15.8. The molecule has 148 valence electrons. The molecule has 0 spiro atoms. The summed E-state index contributed by atoms with van der Waals surface area (Å²) in [5.74, 6) is 1.58. The van der Waals surface area contributed by atoms with Crippen molar-refractivity contribution < 1.29 is 9.47 Å². The molecule has 28 heavy (non-hydrogen) atoms. The van der Waals surface area contributed by atoms with Gasteiger partial charge in [-0.2, -0.15) is 0 Å². The lowest BCUT2D eigenvalue weighted by molar-refractivity contribution is 0.269. The Labute approximate surface area is 177 Å². The van der Waals surface area contributed by atoms with Crippen molar-refractivity contribution in [2.24, 2.45) is 7.05 Å². The molecular formula is C18H18Cl3N5O2. The van der Waals surface area contributed by atoms with Gasteiger partial charge in [0.25, 0.3) is 0 Å². The van der Waals surface area contributed by atoms with Crippen LogP contribution in [0.1, 0.15) is 18.1 Å². The standard InChI is InChI=1S/C18H18Cl3N5O2/c1-3-27-16-8-12(9-22-18-23-24-25-26(18)2)7-15(21)17(16)28-10-11-4-5-13(19)14(20)6-11/h4-8H,3,9-10H2,1-2H3,(H,22,23,25). The van der Waals surface area contributed by atoms with E-state index < -0.39 is 0 Å². The van der Waals surface area contributed by atoms with Gasteiger partial charge in [0.1, 0.15) is 6.61 Å². The lowest BCUT2D eigenvalue weighted by Crippen LogP contribution is -2.07. The molecule has 0 atom stereocenters. The highest BCUT2D eigenvalue weighted by atomic mass is 35.5. The van der Waals surface area contributed by atoms with Crippen molar-refractivity contribution in [2.75, 3.05) is 11.9 Å². The number of ether oxygens (including phenoxy) is 2. The number of aryl methyl sites for hydroxylation is 1. The molecule has 0 saturated heterocycles. The zero-order valence-corrected chi connectivity index (χ0v) is 17.5.